The van der Waals surface area contributed by atoms with E-state index in [1.54, 1.807) is 32.6 Å². The lowest BCUT2D eigenvalue weighted by atomic mass is 10.1. The van der Waals surface area contributed by atoms with Gasteiger partial charge in [0, 0.05) is 37.6 Å². The van der Waals surface area contributed by atoms with Crippen molar-refractivity contribution in [2.24, 2.45) is 7.05 Å². The lowest BCUT2D eigenvalue weighted by molar-refractivity contribution is 0.352. The molecule has 114 valence electrons. The Labute approximate surface area is 125 Å². The monoisotopic (exact) mass is 308 g/mol. The second kappa shape index (κ2) is 5.95. The number of hydrogen-bond donors (Lipinski definition) is 0. The summed E-state index contributed by atoms with van der Waals surface area (Å²) in [6, 6.07) is 3.40. The van der Waals surface area contributed by atoms with Crippen molar-refractivity contribution in [3.8, 4) is 0 Å². The van der Waals surface area contributed by atoms with Crippen molar-refractivity contribution in [3.05, 3.63) is 41.9 Å². The Bertz CT molecular complexity index is 690. The summed E-state index contributed by atoms with van der Waals surface area (Å²) >= 11 is 0. The fourth-order valence-electron chi connectivity index (χ4n) is 2.46. The molecule has 0 bridgehead atoms. The van der Waals surface area contributed by atoms with E-state index in [9.17, 15) is 8.42 Å². The predicted molar refractivity (Wildman–Crippen MR) is 80.2 cm³/mol. The normalized spacial score (nSPS) is 13.6. The average molecular weight is 308 g/mol. The zero-order chi connectivity index (χ0) is 15.6. The van der Waals surface area contributed by atoms with Crippen LogP contribution in [0.1, 0.15) is 31.0 Å². The highest BCUT2D eigenvalue weighted by Gasteiger charge is 2.32. The van der Waals surface area contributed by atoms with Crippen molar-refractivity contribution >= 4 is 10.0 Å². The average Bonchev–Trinajstić information content (AvgIpc) is 2.80. The van der Waals surface area contributed by atoms with Gasteiger partial charge in [0.2, 0.25) is 0 Å². The van der Waals surface area contributed by atoms with E-state index in [0.717, 1.165) is 5.56 Å². The summed E-state index contributed by atoms with van der Waals surface area (Å²) in [5.41, 5.74) is 1.51. The smallest absolute Gasteiger partial charge is 0.261 e. The molecule has 21 heavy (non-hydrogen) atoms. The molecule has 0 aliphatic rings. The molecule has 0 aliphatic carbocycles. The SMILES string of the molecule is CCN(C(C)c1cccnc1)S(=O)(=O)c1c(C)cnn1C. The molecule has 1 atom stereocenters. The summed E-state index contributed by atoms with van der Waals surface area (Å²) < 4.78 is 28.7. The molecular formula is C14H20N4O2S. The van der Waals surface area contributed by atoms with E-state index in [1.165, 1.54) is 8.99 Å². The van der Waals surface area contributed by atoms with Crippen molar-refractivity contribution in [2.75, 3.05) is 6.54 Å². The van der Waals surface area contributed by atoms with Crippen molar-refractivity contribution in [1.82, 2.24) is 19.1 Å². The summed E-state index contributed by atoms with van der Waals surface area (Å²) in [7, 11) is -1.97. The number of aryl methyl sites for hydroxylation is 2. The minimum Gasteiger partial charge on any atom is -0.264 e. The van der Waals surface area contributed by atoms with E-state index < -0.39 is 10.0 Å². The van der Waals surface area contributed by atoms with E-state index in [4.69, 9.17) is 0 Å². The molecule has 0 amide bonds. The number of rotatable bonds is 5. The van der Waals surface area contributed by atoms with Crippen LogP contribution in [0.15, 0.2) is 35.7 Å². The van der Waals surface area contributed by atoms with Crippen molar-refractivity contribution in [3.63, 3.8) is 0 Å². The summed E-state index contributed by atoms with van der Waals surface area (Å²) in [6.45, 7) is 5.82. The van der Waals surface area contributed by atoms with Gasteiger partial charge in [0.25, 0.3) is 10.0 Å². The van der Waals surface area contributed by atoms with Crippen LogP contribution < -0.4 is 0 Å². The number of hydrogen-bond acceptors (Lipinski definition) is 4. The highest BCUT2D eigenvalue weighted by Crippen LogP contribution is 2.27. The van der Waals surface area contributed by atoms with Crippen LogP contribution in [-0.2, 0) is 17.1 Å². The molecule has 2 heterocycles. The first kappa shape index (κ1) is 15.7. The van der Waals surface area contributed by atoms with Crippen LogP contribution in [0.5, 0.6) is 0 Å². The van der Waals surface area contributed by atoms with Crippen LogP contribution in [0.25, 0.3) is 0 Å². The number of pyridine rings is 1. The van der Waals surface area contributed by atoms with Crippen LogP contribution in [0.3, 0.4) is 0 Å². The van der Waals surface area contributed by atoms with Gasteiger partial charge in [0.15, 0.2) is 5.03 Å². The second-order valence-corrected chi connectivity index (χ2v) is 6.73. The molecule has 0 spiro atoms. The second-order valence-electron chi connectivity index (χ2n) is 4.93. The molecule has 0 N–H and O–H groups in total. The minimum atomic E-state index is -3.61. The van der Waals surface area contributed by atoms with Crippen LogP contribution in [0.2, 0.25) is 0 Å². The molecule has 0 aliphatic heterocycles. The predicted octanol–water partition coefficient (Wildman–Crippen LogP) is 1.90. The first-order valence-corrected chi connectivity index (χ1v) is 8.24. The van der Waals surface area contributed by atoms with E-state index in [1.807, 2.05) is 26.0 Å². The Hall–Kier alpha value is -1.73. The maximum Gasteiger partial charge on any atom is 0.261 e. The van der Waals surface area contributed by atoms with Gasteiger partial charge in [-0.15, -0.1) is 0 Å². The van der Waals surface area contributed by atoms with Crippen LogP contribution in [0, 0.1) is 6.92 Å². The lowest BCUT2D eigenvalue weighted by Crippen LogP contribution is -2.35. The Morgan fingerprint density at radius 3 is 2.57 bits per heavy atom. The van der Waals surface area contributed by atoms with E-state index >= 15 is 0 Å². The molecule has 0 aromatic carbocycles. The molecule has 0 saturated carbocycles. The molecular weight excluding hydrogens is 288 g/mol. The zero-order valence-electron chi connectivity index (χ0n) is 12.7. The zero-order valence-corrected chi connectivity index (χ0v) is 13.5. The first-order valence-electron chi connectivity index (χ1n) is 6.80. The van der Waals surface area contributed by atoms with Gasteiger partial charge < -0.3 is 0 Å². The molecule has 2 aromatic rings. The largest absolute Gasteiger partial charge is 0.264 e. The third-order valence-corrected chi connectivity index (χ3v) is 5.79. The molecule has 2 aromatic heterocycles. The van der Waals surface area contributed by atoms with Gasteiger partial charge in [-0.3, -0.25) is 9.67 Å². The van der Waals surface area contributed by atoms with Crippen LogP contribution in [0.4, 0.5) is 0 Å². The highest BCUT2D eigenvalue weighted by atomic mass is 32.2. The van der Waals surface area contributed by atoms with Gasteiger partial charge in [-0.1, -0.05) is 13.0 Å². The minimum absolute atomic E-state index is 0.236. The lowest BCUT2D eigenvalue weighted by Gasteiger charge is -2.27. The Kier molecular flexibility index (Phi) is 4.43. The summed E-state index contributed by atoms with van der Waals surface area (Å²) in [5.74, 6) is 0. The maximum atomic E-state index is 12.9. The topological polar surface area (TPSA) is 68.1 Å². The number of aromatic nitrogens is 3. The van der Waals surface area contributed by atoms with Crippen LogP contribution >= 0.6 is 0 Å². The molecule has 7 heteroatoms. The van der Waals surface area contributed by atoms with Gasteiger partial charge in [0.1, 0.15) is 0 Å². The number of sulfonamides is 1. The summed E-state index contributed by atoms with van der Waals surface area (Å²) in [4.78, 5) is 4.06. The Morgan fingerprint density at radius 1 is 1.38 bits per heavy atom. The van der Waals surface area contributed by atoms with Gasteiger partial charge >= 0.3 is 0 Å². The fourth-order valence-corrected chi connectivity index (χ4v) is 4.40. The molecule has 6 nitrogen and oxygen atoms in total. The van der Waals surface area contributed by atoms with Gasteiger partial charge in [-0.25, -0.2) is 8.42 Å². The molecule has 0 radical (unpaired) electrons. The van der Waals surface area contributed by atoms with Crippen molar-refractivity contribution in [2.45, 2.75) is 31.8 Å². The van der Waals surface area contributed by atoms with E-state index in [-0.39, 0.29) is 11.1 Å². The summed E-state index contributed by atoms with van der Waals surface area (Å²) in [5, 5.41) is 4.27. The van der Waals surface area contributed by atoms with Gasteiger partial charge in [0.05, 0.1) is 6.20 Å². The molecule has 0 saturated heterocycles. The number of nitrogens with zero attached hydrogens (tertiary/aromatic N) is 4. The Balaban J connectivity index is 2.46. The van der Waals surface area contributed by atoms with Crippen molar-refractivity contribution in [1.29, 1.82) is 0 Å². The summed E-state index contributed by atoms with van der Waals surface area (Å²) in [6.07, 6.45) is 4.93. The van der Waals surface area contributed by atoms with Crippen LogP contribution in [-0.4, -0.2) is 34.0 Å². The Morgan fingerprint density at radius 2 is 2.10 bits per heavy atom. The maximum absolute atomic E-state index is 12.9. The quantitative estimate of drug-likeness (QED) is 0.846. The van der Waals surface area contributed by atoms with E-state index in [2.05, 4.69) is 10.1 Å². The van der Waals surface area contributed by atoms with Gasteiger partial charge in [-0.2, -0.15) is 9.40 Å². The first-order chi connectivity index (χ1) is 9.89. The fraction of sp³-hybridized carbons (Fsp3) is 0.429. The molecule has 0 fully saturated rings. The standard InChI is InChI=1S/C14H20N4O2S/c1-5-18(12(3)13-7-6-8-15-10-13)21(19,20)14-11(2)9-16-17(14)4/h6-10,12H,5H2,1-4H3. The third-order valence-electron chi connectivity index (χ3n) is 3.52. The molecule has 1 unspecified atom stereocenters. The van der Waals surface area contributed by atoms with Crippen molar-refractivity contribution < 1.29 is 8.42 Å². The molecule has 2 rings (SSSR count). The third kappa shape index (κ3) is 2.84. The van der Waals surface area contributed by atoms with E-state index in [0.29, 0.717) is 12.1 Å². The van der Waals surface area contributed by atoms with Gasteiger partial charge in [-0.05, 0) is 25.5 Å². The highest BCUT2D eigenvalue weighted by molar-refractivity contribution is 7.89.